The Bertz CT molecular complexity index is 442. The van der Waals surface area contributed by atoms with Crippen molar-refractivity contribution in [3.05, 3.63) is 28.8 Å². The average Bonchev–Trinajstić information content (AvgIpc) is 2.46. The summed E-state index contributed by atoms with van der Waals surface area (Å²) >= 11 is 6.45. The zero-order chi connectivity index (χ0) is 15.2. The van der Waals surface area contributed by atoms with Gasteiger partial charge in [0.15, 0.2) is 0 Å². The van der Waals surface area contributed by atoms with Crippen molar-refractivity contribution in [1.29, 1.82) is 0 Å². The molecular formula is C16H27ClN4. The number of nitrogens with zero attached hydrogens (tertiary/aromatic N) is 3. The Labute approximate surface area is 133 Å². The van der Waals surface area contributed by atoms with E-state index in [-0.39, 0.29) is 0 Å². The number of likely N-dealkylation sites (N-methyl/N-ethyl adjacent to an activating group) is 1. The molecule has 1 heterocycles. The van der Waals surface area contributed by atoms with Crippen molar-refractivity contribution in [1.82, 2.24) is 15.1 Å². The molecule has 1 aromatic carbocycles. The number of anilines is 1. The second-order valence-corrected chi connectivity index (χ2v) is 6.36. The van der Waals surface area contributed by atoms with Gasteiger partial charge in [0.1, 0.15) is 0 Å². The fourth-order valence-corrected chi connectivity index (χ4v) is 3.00. The van der Waals surface area contributed by atoms with Gasteiger partial charge in [-0.05, 0) is 38.8 Å². The molecule has 0 spiro atoms. The number of hydrogen-bond donors (Lipinski definition) is 1. The standard InChI is InChI=1S/C16H27ClN4/c1-18-13-14-4-5-16(15(17)12-14)21-10-8-20(9-11-21)7-6-19(2)3/h4-5,12,18H,6-11,13H2,1-3H3. The quantitative estimate of drug-likeness (QED) is 0.864. The molecule has 1 saturated heterocycles. The Hall–Kier alpha value is -0.810. The highest BCUT2D eigenvalue weighted by Crippen LogP contribution is 2.27. The number of hydrogen-bond acceptors (Lipinski definition) is 4. The van der Waals surface area contributed by atoms with Gasteiger partial charge in [-0.2, -0.15) is 0 Å². The van der Waals surface area contributed by atoms with Crippen LogP contribution in [0.15, 0.2) is 18.2 Å². The molecule has 0 atom stereocenters. The number of rotatable bonds is 6. The lowest BCUT2D eigenvalue weighted by molar-refractivity contribution is 0.229. The van der Waals surface area contributed by atoms with Crippen LogP contribution in [0.4, 0.5) is 5.69 Å². The first kappa shape index (κ1) is 16.6. The van der Waals surface area contributed by atoms with Gasteiger partial charge in [0.2, 0.25) is 0 Å². The lowest BCUT2D eigenvalue weighted by Crippen LogP contribution is -2.48. The summed E-state index contributed by atoms with van der Waals surface area (Å²) in [5.41, 5.74) is 2.40. The van der Waals surface area contributed by atoms with Crippen molar-refractivity contribution in [3.8, 4) is 0 Å². The summed E-state index contributed by atoms with van der Waals surface area (Å²) < 4.78 is 0. The van der Waals surface area contributed by atoms with Gasteiger partial charge in [-0.1, -0.05) is 17.7 Å². The van der Waals surface area contributed by atoms with Crippen molar-refractivity contribution in [2.45, 2.75) is 6.54 Å². The van der Waals surface area contributed by atoms with Crippen LogP contribution in [0.5, 0.6) is 0 Å². The third-order valence-electron chi connectivity index (χ3n) is 3.97. The minimum absolute atomic E-state index is 0.859. The molecular weight excluding hydrogens is 284 g/mol. The van der Waals surface area contributed by atoms with E-state index in [1.54, 1.807) is 0 Å². The topological polar surface area (TPSA) is 21.8 Å². The Balaban J connectivity index is 1.90. The maximum absolute atomic E-state index is 6.45. The van der Waals surface area contributed by atoms with Crippen LogP contribution in [0.25, 0.3) is 0 Å². The van der Waals surface area contributed by atoms with Crippen molar-refractivity contribution >= 4 is 17.3 Å². The molecule has 1 aliphatic heterocycles. The lowest BCUT2D eigenvalue weighted by atomic mass is 10.1. The summed E-state index contributed by atoms with van der Waals surface area (Å²) in [5.74, 6) is 0. The second kappa shape index (κ2) is 7.99. The summed E-state index contributed by atoms with van der Waals surface area (Å²) in [6, 6.07) is 6.40. The van der Waals surface area contributed by atoms with E-state index in [1.807, 2.05) is 7.05 Å². The van der Waals surface area contributed by atoms with Crippen molar-refractivity contribution in [3.63, 3.8) is 0 Å². The van der Waals surface area contributed by atoms with Gasteiger partial charge in [-0.3, -0.25) is 4.90 Å². The molecule has 0 aliphatic carbocycles. The van der Waals surface area contributed by atoms with Crippen LogP contribution in [0.2, 0.25) is 5.02 Å². The normalized spacial score (nSPS) is 16.7. The van der Waals surface area contributed by atoms with Gasteiger partial charge in [0, 0.05) is 45.8 Å². The molecule has 0 bridgehead atoms. The SMILES string of the molecule is CNCc1ccc(N2CCN(CCN(C)C)CC2)c(Cl)c1. The summed E-state index contributed by atoms with van der Waals surface area (Å²) in [5, 5.41) is 4.02. The first-order valence-corrected chi connectivity index (χ1v) is 8.03. The van der Waals surface area contributed by atoms with Gasteiger partial charge in [-0.15, -0.1) is 0 Å². The largest absolute Gasteiger partial charge is 0.368 e. The first-order chi connectivity index (χ1) is 10.1. The molecule has 21 heavy (non-hydrogen) atoms. The molecule has 0 unspecified atom stereocenters. The fraction of sp³-hybridized carbons (Fsp3) is 0.625. The summed E-state index contributed by atoms with van der Waals surface area (Å²) in [7, 11) is 6.21. The van der Waals surface area contributed by atoms with Crippen molar-refractivity contribution in [2.75, 3.05) is 65.3 Å². The summed E-state index contributed by atoms with van der Waals surface area (Å²) in [6.45, 7) is 7.47. The van der Waals surface area contributed by atoms with Gasteiger partial charge in [0.25, 0.3) is 0 Å². The zero-order valence-electron chi connectivity index (χ0n) is 13.4. The van der Waals surface area contributed by atoms with E-state index in [0.29, 0.717) is 0 Å². The predicted molar refractivity (Wildman–Crippen MR) is 91.4 cm³/mol. The molecule has 0 saturated carbocycles. The number of nitrogens with one attached hydrogen (secondary N) is 1. The Kier molecular flexibility index (Phi) is 6.30. The van der Waals surface area contributed by atoms with Gasteiger partial charge >= 0.3 is 0 Å². The van der Waals surface area contributed by atoms with E-state index >= 15 is 0 Å². The van der Waals surface area contributed by atoms with Crippen LogP contribution < -0.4 is 10.2 Å². The molecule has 118 valence electrons. The van der Waals surface area contributed by atoms with Gasteiger partial charge in [-0.25, -0.2) is 0 Å². The van der Waals surface area contributed by atoms with E-state index in [0.717, 1.165) is 50.8 Å². The number of halogens is 1. The van der Waals surface area contributed by atoms with E-state index in [2.05, 4.69) is 52.3 Å². The zero-order valence-corrected chi connectivity index (χ0v) is 14.2. The Morgan fingerprint density at radius 2 is 1.90 bits per heavy atom. The number of piperazine rings is 1. The molecule has 4 nitrogen and oxygen atoms in total. The molecule has 1 fully saturated rings. The minimum atomic E-state index is 0.859. The molecule has 0 amide bonds. The Morgan fingerprint density at radius 1 is 1.19 bits per heavy atom. The molecule has 0 radical (unpaired) electrons. The highest BCUT2D eigenvalue weighted by atomic mass is 35.5. The van der Waals surface area contributed by atoms with E-state index in [1.165, 1.54) is 11.3 Å². The van der Waals surface area contributed by atoms with Crippen LogP contribution in [0.3, 0.4) is 0 Å². The molecule has 5 heteroatoms. The van der Waals surface area contributed by atoms with Crippen molar-refractivity contribution < 1.29 is 0 Å². The van der Waals surface area contributed by atoms with Gasteiger partial charge in [0.05, 0.1) is 10.7 Å². The molecule has 2 rings (SSSR count). The van der Waals surface area contributed by atoms with E-state index in [4.69, 9.17) is 11.6 Å². The lowest BCUT2D eigenvalue weighted by Gasteiger charge is -2.37. The van der Waals surface area contributed by atoms with E-state index in [9.17, 15) is 0 Å². The third kappa shape index (κ3) is 4.85. The summed E-state index contributed by atoms with van der Waals surface area (Å²) in [4.78, 5) is 7.17. The predicted octanol–water partition coefficient (Wildman–Crippen LogP) is 1.74. The van der Waals surface area contributed by atoms with E-state index < -0.39 is 0 Å². The number of benzene rings is 1. The van der Waals surface area contributed by atoms with Crippen molar-refractivity contribution in [2.24, 2.45) is 0 Å². The maximum atomic E-state index is 6.45. The fourth-order valence-electron chi connectivity index (χ4n) is 2.67. The molecule has 0 aromatic heterocycles. The molecule has 1 aromatic rings. The average molecular weight is 311 g/mol. The second-order valence-electron chi connectivity index (χ2n) is 5.95. The highest BCUT2D eigenvalue weighted by Gasteiger charge is 2.18. The third-order valence-corrected chi connectivity index (χ3v) is 4.27. The van der Waals surface area contributed by atoms with Crippen LogP contribution in [-0.2, 0) is 6.54 Å². The van der Waals surface area contributed by atoms with Crippen LogP contribution >= 0.6 is 11.6 Å². The summed E-state index contributed by atoms with van der Waals surface area (Å²) in [6.07, 6.45) is 0. The van der Waals surface area contributed by atoms with Crippen LogP contribution in [0, 0.1) is 0 Å². The van der Waals surface area contributed by atoms with Gasteiger partial charge < -0.3 is 15.1 Å². The monoisotopic (exact) mass is 310 g/mol. The minimum Gasteiger partial charge on any atom is -0.368 e. The highest BCUT2D eigenvalue weighted by molar-refractivity contribution is 6.33. The Morgan fingerprint density at radius 3 is 2.48 bits per heavy atom. The smallest absolute Gasteiger partial charge is 0.0642 e. The van der Waals surface area contributed by atoms with Crippen LogP contribution in [-0.4, -0.2) is 70.2 Å². The maximum Gasteiger partial charge on any atom is 0.0642 e. The van der Waals surface area contributed by atoms with Crippen LogP contribution in [0.1, 0.15) is 5.56 Å². The first-order valence-electron chi connectivity index (χ1n) is 7.65. The molecule has 1 aliphatic rings. The molecule has 1 N–H and O–H groups in total.